The Hall–Kier alpha value is -3.96. The van der Waals surface area contributed by atoms with E-state index in [4.69, 9.17) is 25.8 Å². The molecule has 0 radical (unpaired) electrons. The average molecular weight is 602 g/mol. The highest BCUT2D eigenvalue weighted by atomic mass is 35.5. The molecule has 3 aromatic carbocycles. The number of carbonyl (C=O) groups excluding carboxylic acids is 2. The molecule has 10 nitrogen and oxygen atoms in total. The van der Waals surface area contributed by atoms with E-state index in [1.807, 2.05) is 0 Å². The Bertz CT molecular complexity index is 1520. The van der Waals surface area contributed by atoms with Crippen molar-refractivity contribution in [2.45, 2.75) is 24.2 Å². The van der Waals surface area contributed by atoms with Crippen molar-refractivity contribution in [2.75, 3.05) is 50.6 Å². The number of sulfonamides is 1. The van der Waals surface area contributed by atoms with Gasteiger partial charge < -0.3 is 24.4 Å². The van der Waals surface area contributed by atoms with Crippen molar-refractivity contribution in [1.82, 2.24) is 4.90 Å². The molecule has 12 heteroatoms. The van der Waals surface area contributed by atoms with Gasteiger partial charge in [0.1, 0.15) is 12.3 Å². The first-order valence-corrected chi connectivity index (χ1v) is 14.8. The van der Waals surface area contributed by atoms with E-state index in [1.165, 1.54) is 51.7 Å². The summed E-state index contributed by atoms with van der Waals surface area (Å²) in [4.78, 5) is 28.3. The van der Waals surface area contributed by atoms with Gasteiger partial charge in [-0.1, -0.05) is 23.7 Å². The summed E-state index contributed by atoms with van der Waals surface area (Å²) >= 11 is 6.24. The third-order valence-electron chi connectivity index (χ3n) is 6.71. The highest BCUT2D eigenvalue weighted by Crippen LogP contribution is 2.37. The van der Waals surface area contributed by atoms with Gasteiger partial charge in [0.15, 0.2) is 11.5 Å². The van der Waals surface area contributed by atoms with Gasteiger partial charge in [-0.25, -0.2) is 8.42 Å². The summed E-state index contributed by atoms with van der Waals surface area (Å²) < 4.78 is 44.9. The zero-order chi connectivity index (χ0) is 29.6. The van der Waals surface area contributed by atoms with Crippen LogP contribution in [0.1, 0.15) is 29.6 Å². The molecule has 41 heavy (non-hydrogen) atoms. The average Bonchev–Trinajstić information content (AvgIpc) is 2.99. The third kappa shape index (κ3) is 6.68. The zero-order valence-corrected chi connectivity index (χ0v) is 24.6. The molecule has 1 aliphatic heterocycles. The molecule has 2 amide bonds. The molecular formula is C29H32ClN3O7S. The van der Waals surface area contributed by atoms with Crippen molar-refractivity contribution < 1.29 is 32.2 Å². The molecule has 1 saturated heterocycles. The summed E-state index contributed by atoms with van der Waals surface area (Å²) in [6.45, 7) is 0.652. The number of likely N-dealkylation sites (tertiary alicyclic amines) is 1. The number of nitrogens with one attached hydrogen (secondary N) is 1. The lowest BCUT2D eigenvalue weighted by Crippen LogP contribution is -2.39. The molecule has 0 bridgehead atoms. The number of anilines is 2. The molecule has 0 aliphatic carbocycles. The number of halogens is 1. The highest BCUT2D eigenvalue weighted by molar-refractivity contribution is 7.92. The van der Waals surface area contributed by atoms with Gasteiger partial charge in [0.2, 0.25) is 5.91 Å². The minimum atomic E-state index is -4.37. The summed E-state index contributed by atoms with van der Waals surface area (Å²) in [6, 6.07) is 15.3. The fourth-order valence-electron chi connectivity index (χ4n) is 4.63. The summed E-state index contributed by atoms with van der Waals surface area (Å²) in [5, 5.41) is 2.98. The van der Waals surface area contributed by atoms with Crippen molar-refractivity contribution in [3.05, 3.63) is 71.2 Å². The SMILES string of the molecule is COc1ccc(S(=O)(=O)N(CC(=O)Nc2ccccc2C(=O)N2CCCCC2)c2cc(Cl)ccc2OC)cc1OC. The molecule has 218 valence electrons. The van der Waals surface area contributed by atoms with E-state index in [2.05, 4.69) is 5.32 Å². The number of carbonyl (C=O) groups is 2. The van der Waals surface area contributed by atoms with Crippen molar-refractivity contribution >= 4 is 44.8 Å². The van der Waals surface area contributed by atoms with E-state index >= 15 is 0 Å². The van der Waals surface area contributed by atoms with Gasteiger partial charge in [-0.2, -0.15) is 0 Å². The molecular weight excluding hydrogens is 570 g/mol. The van der Waals surface area contributed by atoms with Crippen molar-refractivity contribution in [3.8, 4) is 17.2 Å². The molecule has 0 saturated carbocycles. The maximum Gasteiger partial charge on any atom is 0.265 e. The van der Waals surface area contributed by atoms with E-state index in [-0.39, 0.29) is 38.7 Å². The van der Waals surface area contributed by atoms with Crippen LogP contribution < -0.4 is 23.8 Å². The molecule has 0 atom stereocenters. The second-order valence-electron chi connectivity index (χ2n) is 9.29. The minimum absolute atomic E-state index is 0.0580. The normalized spacial score (nSPS) is 13.3. The maximum absolute atomic E-state index is 14.0. The van der Waals surface area contributed by atoms with Gasteiger partial charge in [0, 0.05) is 24.2 Å². The van der Waals surface area contributed by atoms with Crippen LogP contribution in [0.5, 0.6) is 17.2 Å². The number of hydrogen-bond donors (Lipinski definition) is 1. The topological polar surface area (TPSA) is 114 Å². The fourth-order valence-corrected chi connectivity index (χ4v) is 6.23. The van der Waals surface area contributed by atoms with Gasteiger partial charge in [0.05, 0.1) is 43.2 Å². The van der Waals surface area contributed by atoms with Gasteiger partial charge in [-0.15, -0.1) is 0 Å². The number of rotatable bonds is 10. The van der Waals surface area contributed by atoms with Crippen LogP contribution in [0.15, 0.2) is 65.6 Å². The predicted molar refractivity (Wildman–Crippen MR) is 157 cm³/mol. The Morgan fingerprint density at radius 2 is 1.54 bits per heavy atom. The van der Waals surface area contributed by atoms with Crippen LogP contribution in [0.25, 0.3) is 0 Å². The van der Waals surface area contributed by atoms with Crippen LogP contribution in [0.4, 0.5) is 11.4 Å². The van der Waals surface area contributed by atoms with Crippen LogP contribution in [-0.4, -0.2) is 66.1 Å². The van der Waals surface area contributed by atoms with Gasteiger partial charge >= 0.3 is 0 Å². The lowest BCUT2D eigenvalue weighted by atomic mass is 10.1. The summed E-state index contributed by atoms with van der Waals surface area (Å²) in [5.41, 5.74) is 0.676. The van der Waals surface area contributed by atoms with Crippen LogP contribution in [0.3, 0.4) is 0 Å². The number of para-hydroxylation sites is 1. The van der Waals surface area contributed by atoms with Crippen LogP contribution in [-0.2, 0) is 14.8 Å². The van der Waals surface area contributed by atoms with Gasteiger partial charge in [-0.3, -0.25) is 13.9 Å². The molecule has 1 heterocycles. The molecule has 0 unspecified atom stereocenters. The van der Waals surface area contributed by atoms with E-state index in [9.17, 15) is 18.0 Å². The van der Waals surface area contributed by atoms with E-state index in [0.717, 1.165) is 23.6 Å². The Morgan fingerprint density at radius 1 is 0.878 bits per heavy atom. The first-order chi connectivity index (χ1) is 19.7. The molecule has 1 aliphatic rings. The fraction of sp³-hybridized carbons (Fsp3) is 0.310. The number of piperidine rings is 1. The number of nitrogens with zero attached hydrogens (tertiary/aromatic N) is 2. The Labute approximate surface area is 244 Å². The first kappa shape index (κ1) is 30.0. The Morgan fingerprint density at radius 3 is 2.22 bits per heavy atom. The molecule has 1 N–H and O–H groups in total. The number of hydrogen-bond acceptors (Lipinski definition) is 7. The highest BCUT2D eigenvalue weighted by Gasteiger charge is 2.31. The summed E-state index contributed by atoms with van der Waals surface area (Å²) in [6.07, 6.45) is 2.91. The minimum Gasteiger partial charge on any atom is -0.495 e. The van der Waals surface area contributed by atoms with Crippen LogP contribution in [0, 0.1) is 0 Å². The van der Waals surface area contributed by atoms with Crippen molar-refractivity contribution in [1.29, 1.82) is 0 Å². The van der Waals surface area contributed by atoms with Crippen molar-refractivity contribution in [2.24, 2.45) is 0 Å². The molecule has 0 aromatic heterocycles. The Balaban J connectivity index is 1.71. The second-order valence-corrected chi connectivity index (χ2v) is 11.6. The monoisotopic (exact) mass is 601 g/mol. The smallest absolute Gasteiger partial charge is 0.265 e. The summed E-state index contributed by atoms with van der Waals surface area (Å²) in [5.74, 6) is -0.138. The number of amides is 2. The molecule has 3 aromatic rings. The number of ether oxygens (including phenoxy) is 3. The van der Waals surface area contributed by atoms with E-state index < -0.39 is 22.5 Å². The maximum atomic E-state index is 14.0. The van der Waals surface area contributed by atoms with E-state index in [0.29, 0.717) is 24.4 Å². The molecule has 4 rings (SSSR count). The number of benzene rings is 3. The first-order valence-electron chi connectivity index (χ1n) is 13.0. The predicted octanol–water partition coefficient (Wildman–Crippen LogP) is 4.83. The standard InChI is InChI=1S/C29H32ClN3O7S/c1-38-25-13-11-20(30)17-24(25)33(41(36,37)21-12-14-26(39-2)27(18-21)40-3)19-28(34)31-23-10-6-5-9-22(23)29(35)32-15-7-4-8-16-32/h5-6,9-14,17-18H,4,7-8,15-16,19H2,1-3H3,(H,31,34). The molecule has 0 spiro atoms. The Kier molecular flexibility index (Phi) is 9.61. The number of methoxy groups -OCH3 is 3. The quantitative estimate of drug-likeness (QED) is 0.354. The zero-order valence-electron chi connectivity index (χ0n) is 23.1. The largest absolute Gasteiger partial charge is 0.495 e. The van der Waals surface area contributed by atoms with Gasteiger partial charge in [-0.05, 0) is 61.7 Å². The molecule has 1 fully saturated rings. The lowest BCUT2D eigenvalue weighted by molar-refractivity contribution is -0.114. The van der Waals surface area contributed by atoms with Crippen LogP contribution >= 0.6 is 11.6 Å². The third-order valence-corrected chi connectivity index (χ3v) is 8.71. The van der Waals surface area contributed by atoms with Gasteiger partial charge in [0.25, 0.3) is 15.9 Å². The summed E-state index contributed by atoms with van der Waals surface area (Å²) in [7, 11) is -0.155. The van der Waals surface area contributed by atoms with Crippen molar-refractivity contribution in [3.63, 3.8) is 0 Å². The lowest BCUT2D eigenvalue weighted by Gasteiger charge is -2.28. The van der Waals surface area contributed by atoms with Crippen LogP contribution in [0.2, 0.25) is 5.02 Å². The second kappa shape index (κ2) is 13.1. The van der Waals surface area contributed by atoms with E-state index in [1.54, 1.807) is 35.2 Å².